The summed E-state index contributed by atoms with van der Waals surface area (Å²) in [6, 6.07) is 2.17. The first-order valence-corrected chi connectivity index (χ1v) is 5.22. The fraction of sp³-hybridized carbons (Fsp3) is 0.462. The van der Waals surface area contributed by atoms with Gasteiger partial charge >= 0.3 is 0 Å². The van der Waals surface area contributed by atoms with Crippen molar-refractivity contribution < 1.29 is 0 Å². The molecule has 0 saturated heterocycles. The van der Waals surface area contributed by atoms with Crippen molar-refractivity contribution in [2.45, 2.75) is 33.1 Å². The van der Waals surface area contributed by atoms with E-state index in [2.05, 4.69) is 43.7 Å². The number of aryl methyl sites for hydroxylation is 1. The summed E-state index contributed by atoms with van der Waals surface area (Å²) in [5.41, 5.74) is 3.54. The molecule has 0 aromatic carbocycles. The lowest BCUT2D eigenvalue weighted by Crippen LogP contribution is -2.15. The van der Waals surface area contributed by atoms with Gasteiger partial charge in [0.05, 0.1) is 0 Å². The monoisotopic (exact) mass is 204 g/mol. The largest absolute Gasteiger partial charge is 0.373 e. The fourth-order valence-corrected chi connectivity index (χ4v) is 1.74. The molecule has 0 spiro atoms. The number of nitrogens with one attached hydrogen (secondary N) is 1. The molecule has 2 heteroatoms. The number of nitrogens with zero attached hydrogens (tertiary/aromatic N) is 1. The summed E-state index contributed by atoms with van der Waals surface area (Å²) >= 11 is 0. The third-order valence-electron chi connectivity index (χ3n) is 2.51. The summed E-state index contributed by atoms with van der Waals surface area (Å²) in [5.74, 6) is 0.899. The lowest BCUT2D eigenvalue weighted by Gasteiger charge is -2.22. The molecule has 0 aliphatic carbocycles. The molecule has 82 valence electrons. The molecule has 1 heterocycles. The molecule has 0 fully saturated rings. The smallest absolute Gasteiger partial charge is 0.133 e. The molecule has 2 nitrogen and oxygen atoms in total. The molecular weight excluding hydrogens is 184 g/mol. The summed E-state index contributed by atoms with van der Waals surface area (Å²) in [5, 5.41) is 3.08. The molecule has 0 radical (unpaired) electrons. The average molecular weight is 204 g/mol. The van der Waals surface area contributed by atoms with Gasteiger partial charge in [-0.25, -0.2) is 4.98 Å². The van der Waals surface area contributed by atoms with Gasteiger partial charge in [0.1, 0.15) is 5.82 Å². The zero-order valence-corrected chi connectivity index (χ0v) is 10.3. The van der Waals surface area contributed by atoms with Gasteiger partial charge in [-0.1, -0.05) is 33.4 Å². The van der Waals surface area contributed by atoms with Crippen molar-refractivity contribution in [1.82, 2.24) is 4.98 Å². The molecule has 0 aliphatic heterocycles. The van der Waals surface area contributed by atoms with Crippen molar-refractivity contribution in [2.75, 3.05) is 12.4 Å². The van der Waals surface area contributed by atoms with Crippen molar-refractivity contribution in [1.29, 1.82) is 0 Å². The van der Waals surface area contributed by atoms with E-state index in [0.29, 0.717) is 0 Å². The molecule has 0 saturated carbocycles. The van der Waals surface area contributed by atoms with E-state index in [1.807, 2.05) is 20.0 Å². The van der Waals surface area contributed by atoms with Crippen LogP contribution in [0.5, 0.6) is 0 Å². The third-order valence-corrected chi connectivity index (χ3v) is 2.51. The van der Waals surface area contributed by atoms with Crippen LogP contribution in [0.3, 0.4) is 0 Å². The van der Waals surface area contributed by atoms with Crippen LogP contribution in [-0.4, -0.2) is 12.0 Å². The highest BCUT2D eigenvalue weighted by Crippen LogP contribution is 2.28. The average Bonchev–Trinajstić information content (AvgIpc) is 2.15. The van der Waals surface area contributed by atoms with Gasteiger partial charge in [-0.2, -0.15) is 0 Å². The molecule has 15 heavy (non-hydrogen) atoms. The van der Waals surface area contributed by atoms with E-state index in [-0.39, 0.29) is 5.41 Å². The number of anilines is 1. The summed E-state index contributed by atoms with van der Waals surface area (Å²) in [6.07, 6.45) is 1.84. The van der Waals surface area contributed by atoms with E-state index in [1.54, 1.807) is 0 Å². The summed E-state index contributed by atoms with van der Waals surface area (Å²) in [7, 11) is 1.88. The minimum absolute atomic E-state index is 0.126. The van der Waals surface area contributed by atoms with Crippen molar-refractivity contribution in [3.8, 4) is 0 Å². The van der Waals surface area contributed by atoms with Gasteiger partial charge in [-0.05, 0) is 24.0 Å². The Bertz CT molecular complexity index is 373. The first-order valence-electron chi connectivity index (χ1n) is 5.22. The lowest BCUT2D eigenvalue weighted by atomic mass is 9.85. The minimum atomic E-state index is 0.126. The van der Waals surface area contributed by atoms with Crippen LogP contribution in [0.2, 0.25) is 0 Å². The Morgan fingerprint density at radius 1 is 1.40 bits per heavy atom. The van der Waals surface area contributed by atoms with Gasteiger partial charge in [-0.3, -0.25) is 0 Å². The van der Waals surface area contributed by atoms with E-state index >= 15 is 0 Å². The van der Waals surface area contributed by atoms with E-state index < -0.39 is 0 Å². The second-order valence-electron chi connectivity index (χ2n) is 4.76. The van der Waals surface area contributed by atoms with Crippen LogP contribution in [0.4, 0.5) is 5.82 Å². The SMILES string of the molecule is C=Cc1cc(C(C)(C)C)c(C)nc1NC. The molecule has 0 aliphatic rings. The number of rotatable bonds is 2. The Balaban J connectivity index is 3.39. The maximum atomic E-state index is 4.55. The molecule has 1 rings (SSSR count). The molecule has 1 N–H and O–H groups in total. The van der Waals surface area contributed by atoms with Gasteiger partial charge in [-0.15, -0.1) is 0 Å². The van der Waals surface area contributed by atoms with Crippen LogP contribution < -0.4 is 5.32 Å². The highest BCUT2D eigenvalue weighted by atomic mass is 15.0. The predicted molar refractivity (Wildman–Crippen MR) is 67.3 cm³/mol. The van der Waals surface area contributed by atoms with E-state index in [4.69, 9.17) is 0 Å². The van der Waals surface area contributed by atoms with Gasteiger partial charge < -0.3 is 5.32 Å². The second kappa shape index (κ2) is 4.05. The van der Waals surface area contributed by atoms with Crippen LogP contribution in [0, 0.1) is 6.92 Å². The predicted octanol–water partition coefficient (Wildman–Crippen LogP) is 3.37. The van der Waals surface area contributed by atoms with Crippen molar-refractivity contribution in [2.24, 2.45) is 0 Å². The highest BCUT2D eigenvalue weighted by Gasteiger charge is 2.18. The lowest BCUT2D eigenvalue weighted by molar-refractivity contribution is 0.582. The molecule has 1 aromatic rings. The normalized spacial score (nSPS) is 11.3. The Kier molecular flexibility index (Phi) is 3.18. The zero-order chi connectivity index (χ0) is 11.6. The van der Waals surface area contributed by atoms with Gasteiger partial charge in [0.2, 0.25) is 0 Å². The van der Waals surface area contributed by atoms with E-state index in [0.717, 1.165) is 17.1 Å². The molecule has 0 amide bonds. The van der Waals surface area contributed by atoms with Gasteiger partial charge in [0.15, 0.2) is 0 Å². The first kappa shape index (κ1) is 11.8. The minimum Gasteiger partial charge on any atom is -0.373 e. The molecule has 0 atom stereocenters. The van der Waals surface area contributed by atoms with Crippen molar-refractivity contribution in [3.05, 3.63) is 29.5 Å². The van der Waals surface area contributed by atoms with Crippen LogP contribution in [0.15, 0.2) is 12.6 Å². The van der Waals surface area contributed by atoms with Gasteiger partial charge in [0, 0.05) is 18.3 Å². The molecular formula is C13H20N2. The Labute approximate surface area is 92.4 Å². The van der Waals surface area contributed by atoms with Crippen LogP contribution in [0.1, 0.15) is 37.6 Å². The first-order chi connectivity index (χ1) is 6.90. The summed E-state index contributed by atoms with van der Waals surface area (Å²) < 4.78 is 0. The Morgan fingerprint density at radius 3 is 2.40 bits per heavy atom. The number of pyridine rings is 1. The Morgan fingerprint density at radius 2 is 2.00 bits per heavy atom. The third kappa shape index (κ3) is 2.38. The van der Waals surface area contributed by atoms with Crippen molar-refractivity contribution >= 4 is 11.9 Å². The maximum absolute atomic E-state index is 4.55. The fourth-order valence-electron chi connectivity index (χ4n) is 1.74. The number of aromatic nitrogens is 1. The van der Waals surface area contributed by atoms with Gasteiger partial charge in [0.25, 0.3) is 0 Å². The Hall–Kier alpha value is -1.31. The number of hydrogen-bond acceptors (Lipinski definition) is 2. The summed E-state index contributed by atoms with van der Waals surface area (Å²) in [6.45, 7) is 12.5. The second-order valence-corrected chi connectivity index (χ2v) is 4.76. The quantitative estimate of drug-likeness (QED) is 0.799. The van der Waals surface area contributed by atoms with E-state index in [1.165, 1.54) is 5.56 Å². The summed E-state index contributed by atoms with van der Waals surface area (Å²) in [4.78, 5) is 4.55. The van der Waals surface area contributed by atoms with Crippen molar-refractivity contribution in [3.63, 3.8) is 0 Å². The zero-order valence-electron chi connectivity index (χ0n) is 10.3. The topological polar surface area (TPSA) is 24.9 Å². The molecule has 1 aromatic heterocycles. The highest BCUT2D eigenvalue weighted by molar-refractivity contribution is 5.63. The molecule has 0 unspecified atom stereocenters. The van der Waals surface area contributed by atoms with Crippen LogP contribution >= 0.6 is 0 Å². The molecule has 0 bridgehead atoms. The number of hydrogen-bond donors (Lipinski definition) is 1. The van der Waals surface area contributed by atoms with Crippen LogP contribution in [0.25, 0.3) is 6.08 Å². The maximum Gasteiger partial charge on any atom is 0.133 e. The van der Waals surface area contributed by atoms with E-state index in [9.17, 15) is 0 Å². The standard InChI is InChI=1S/C13H20N2/c1-7-10-8-11(13(3,4)5)9(2)15-12(10)14-6/h7-8H,1H2,2-6H3,(H,14,15). The van der Waals surface area contributed by atoms with Crippen LogP contribution in [-0.2, 0) is 5.41 Å².